The molecule has 12 heavy (non-hydrogen) atoms. The molecule has 1 atom stereocenters. The second-order valence-electron chi connectivity index (χ2n) is 3.04. The Morgan fingerprint density at radius 3 is 2.42 bits per heavy atom. The lowest BCUT2D eigenvalue weighted by Gasteiger charge is -2.09. The Morgan fingerprint density at radius 1 is 1.58 bits per heavy atom. The molecule has 0 aromatic rings. The van der Waals surface area contributed by atoms with Crippen LogP contribution in [0.15, 0.2) is 0 Å². The van der Waals surface area contributed by atoms with Gasteiger partial charge in [0, 0.05) is 21.4 Å². The largest absolute Gasteiger partial charge is 0.298 e. The van der Waals surface area contributed by atoms with Crippen LogP contribution in [0.25, 0.3) is 0 Å². The average Bonchev–Trinajstić information content (AvgIpc) is 2.00. The molecule has 0 spiro atoms. The van der Waals surface area contributed by atoms with E-state index >= 15 is 0 Å². The van der Waals surface area contributed by atoms with Gasteiger partial charge in [-0.1, -0.05) is 20.8 Å². The van der Waals surface area contributed by atoms with Crippen LogP contribution in [-0.4, -0.2) is 28.2 Å². The van der Waals surface area contributed by atoms with E-state index < -0.39 is 9.71 Å². The van der Waals surface area contributed by atoms with Crippen LogP contribution in [0.2, 0.25) is 0 Å². The minimum Gasteiger partial charge on any atom is -0.298 e. The molecule has 0 heterocycles. The number of ketones is 1. The standard InChI is InChI=1S/C8H17NO2S/c1-5-12(4,11)9-6-8(10)7(2)3/h7H,4-6H2,1-3H3,(H,9,11). The molecule has 0 saturated carbocycles. The van der Waals surface area contributed by atoms with Crippen LogP contribution in [0.1, 0.15) is 20.8 Å². The van der Waals surface area contributed by atoms with Crippen molar-refractivity contribution >= 4 is 21.4 Å². The average molecular weight is 191 g/mol. The van der Waals surface area contributed by atoms with Crippen molar-refractivity contribution in [3.8, 4) is 0 Å². The molecule has 0 aromatic carbocycles. The van der Waals surface area contributed by atoms with Crippen molar-refractivity contribution in [2.75, 3.05) is 12.3 Å². The molecule has 0 aliphatic carbocycles. The highest BCUT2D eigenvalue weighted by atomic mass is 32.2. The molecule has 0 aliphatic heterocycles. The van der Waals surface area contributed by atoms with E-state index in [9.17, 15) is 9.00 Å². The summed E-state index contributed by atoms with van der Waals surface area (Å²) in [4.78, 5) is 11.1. The molecule has 0 aliphatic rings. The van der Waals surface area contributed by atoms with Gasteiger partial charge in [-0.3, -0.25) is 9.00 Å². The second-order valence-corrected chi connectivity index (χ2v) is 5.53. The fourth-order valence-corrected chi connectivity index (χ4v) is 1.12. The first-order valence-electron chi connectivity index (χ1n) is 4.01. The third-order valence-electron chi connectivity index (χ3n) is 1.62. The SMILES string of the molecule is C=S(=O)(CC)NCC(=O)C(C)C. The highest BCUT2D eigenvalue weighted by molar-refractivity contribution is 7.98. The van der Waals surface area contributed by atoms with E-state index in [1.165, 1.54) is 0 Å². The number of hydrogen-bond acceptors (Lipinski definition) is 2. The first kappa shape index (κ1) is 11.6. The second kappa shape index (κ2) is 4.62. The van der Waals surface area contributed by atoms with Gasteiger partial charge < -0.3 is 0 Å². The molecule has 3 nitrogen and oxygen atoms in total. The fourth-order valence-electron chi connectivity index (χ4n) is 0.509. The zero-order chi connectivity index (χ0) is 9.78. The highest BCUT2D eigenvalue weighted by Gasteiger charge is 2.08. The molecule has 0 radical (unpaired) electrons. The van der Waals surface area contributed by atoms with Crippen LogP contribution >= 0.6 is 0 Å². The van der Waals surface area contributed by atoms with Crippen molar-refractivity contribution in [2.24, 2.45) is 5.92 Å². The van der Waals surface area contributed by atoms with E-state index in [2.05, 4.69) is 10.6 Å². The lowest BCUT2D eigenvalue weighted by Crippen LogP contribution is -2.32. The first-order chi connectivity index (χ1) is 5.39. The normalized spacial score (nSPS) is 16.0. The van der Waals surface area contributed by atoms with E-state index in [0.717, 1.165) is 0 Å². The van der Waals surface area contributed by atoms with Crippen molar-refractivity contribution in [3.05, 3.63) is 0 Å². The third-order valence-corrected chi connectivity index (χ3v) is 3.22. The Hall–Kier alpha value is -0.350. The predicted molar refractivity (Wildman–Crippen MR) is 53.7 cm³/mol. The topological polar surface area (TPSA) is 46.2 Å². The molecule has 1 N–H and O–H groups in total. The van der Waals surface area contributed by atoms with Gasteiger partial charge >= 0.3 is 0 Å². The van der Waals surface area contributed by atoms with Crippen molar-refractivity contribution in [3.63, 3.8) is 0 Å². The molecule has 0 bridgehead atoms. The Labute approximate surface area is 74.7 Å². The van der Waals surface area contributed by atoms with E-state index in [-0.39, 0.29) is 18.2 Å². The van der Waals surface area contributed by atoms with Gasteiger partial charge in [-0.15, -0.1) is 0 Å². The van der Waals surface area contributed by atoms with Crippen LogP contribution in [0, 0.1) is 5.92 Å². The van der Waals surface area contributed by atoms with Crippen LogP contribution in [0.3, 0.4) is 0 Å². The number of carbonyl (C=O) groups is 1. The van der Waals surface area contributed by atoms with Gasteiger partial charge in [0.25, 0.3) is 0 Å². The van der Waals surface area contributed by atoms with Crippen molar-refractivity contribution in [2.45, 2.75) is 20.8 Å². The summed E-state index contributed by atoms with van der Waals surface area (Å²) >= 11 is 0. The van der Waals surface area contributed by atoms with Crippen LogP contribution in [0.5, 0.6) is 0 Å². The summed E-state index contributed by atoms with van der Waals surface area (Å²) in [6, 6.07) is 0. The molecule has 0 saturated heterocycles. The Kier molecular flexibility index (Phi) is 4.49. The van der Waals surface area contributed by atoms with Gasteiger partial charge in [0.2, 0.25) is 0 Å². The highest BCUT2D eigenvalue weighted by Crippen LogP contribution is 1.93. The summed E-state index contributed by atoms with van der Waals surface area (Å²) in [5.41, 5.74) is 0. The van der Waals surface area contributed by atoms with Gasteiger partial charge in [0.15, 0.2) is 0 Å². The molecular weight excluding hydrogens is 174 g/mol. The van der Waals surface area contributed by atoms with E-state index in [1.807, 2.05) is 13.8 Å². The van der Waals surface area contributed by atoms with Gasteiger partial charge in [0.05, 0.1) is 6.54 Å². The number of hydrogen-bond donors (Lipinski definition) is 1. The summed E-state index contributed by atoms with van der Waals surface area (Å²) in [7, 11) is -2.22. The lowest BCUT2D eigenvalue weighted by molar-refractivity contribution is -0.120. The summed E-state index contributed by atoms with van der Waals surface area (Å²) < 4.78 is 14.0. The zero-order valence-electron chi connectivity index (χ0n) is 7.92. The van der Waals surface area contributed by atoms with Crippen LogP contribution in [-0.2, 0) is 14.5 Å². The third kappa shape index (κ3) is 4.51. The maximum Gasteiger partial charge on any atom is 0.150 e. The summed E-state index contributed by atoms with van der Waals surface area (Å²) in [6.45, 7) is 5.58. The number of nitrogens with one attached hydrogen (secondary N) is 1. The van der Waals surface area contributed by atoms with Crippen molar-refractivity contribution < 1.29 is 9.00 Å². The lowest BCUT2D eigenvalue weighted by atomic mass is 10.1. The van der Waals surface area contributed by atoms with Gasteiger partial charge in [-0.05, 0) is 5.87 Å². The van der Waals surface area contributed by atoms with Crippen molar-refractivity contribution in [1.82, 2.24) is 4.72 Å². The number of rotatable bonds is 5. The summed E-state index contributed by atoms with van der Waals surface area (Å²) in [5, 5.41) is 0. The summed E-state index contributed by atoms with van der Waals surface area (Å²) in [6.07, 6.45) is 0. The number of carbonyl (C=O) groups excluding carboxylic acids is 1. The van der Waals surface area contributed by atoms with E-state index in [1.54, 1.807) is 6.92 Å². The van der Waals surface area contributed by atoms with Crippen LogP contribution in [0.4, 0.5) is 0 Å². The molecule has 1 unspecified atom stereocenters. The molecular formula is C8H17NO2S. The molecule has 72 valence electrons. The number of Topliss-reactive ketones (excluding diaryl/α,β-unsaturated/α-hetero) is 1. The van der Waals surface area contributed by atoms with Gasteiger partial charge in [-0.2, -0.15) is 0 Å². The maximum atomic E-state index is 11.3. The fraction of sp³-hybridized carbons (Fsp3) is 0.750. The van der Waals surface area contributed by atoms with Crippen molar-refractivity contribution in [1.29, 1.82) is 0 Å². The summed E-state index contributed by atoms with van der Waals surface area (Å²) in [5.74, 6) is 4.00. The molecule has 4 heteroatoms. The molecule has 0 aromatic heterocycles. The quantitative estimate of drug-likeness (QED) is 0.641. The Morgan fingerprint density at radius 2 is 2.08 bits per heavy atom. The molecule has 0 fully saturated rings. The first-order valence-corrected chi connectivity index (χ1v) is 5.91. The van der Waals surface area contributed by atoms with Crippen LogP contribution < -0.4 is 4.72 Å². The van der Waals surface area contributed by atoms with E-state index in [0.29, 0.717) is 5.75 Å². The minimum absolute atomic E-state index is 0.00967. The van der Waals surface area contributed by atoms with E-state index in [4.69, 9.17) is 0 Å². The molecule has 0 amide bonds. The Balaban J connectivity index is 3.93. The monoisotopic (exact) mass is 191 g/mol. The smallest absolute Gasteiger partial charge is 0.150 e. The zero-order valence-corrected chi connectivity index (χ0v) is 8.74. The Bertz CT molecular complexity index is 242. The van der Waals surface area contributed by atoms with Gasteiger partial charge in [-0.25, -0.2) is 4.72 Å². The maximum absolute atomic E-state index is 11.3. The molecule has 0 rings (SSSR count). The minimum atomic E-state index is -2.22. The predicted octanol–water partition coefficient (Wildman–Crippen LogP) is 0.452. The van der Waals surface area contributed by atoms with Gasteiger partial charge in [0.1, 0.15) is 5.78 Å².